The summed E-state index contributed by atoms with van der Waals surface area (Å²) in [7, 11) is 0. The molecule has 2 nitrogen and oxygen atoms in total. The molecule has 2 N–H and O–H groups in total. The Balaban J connectivity index is 1.56. The van der Waals surface area contributed by atoms with E-state index in [0.29, 0.717) is 29.6 Å². The molecule has 0 aromatic heterocycles. The van der Waals surface area contributed by atoms with Crippen LogP contribution in [0.25, 0.3) is 0 Å². The Bertz CT molecular complexity index is 496. The average Bonchev–Trinajstić information content (AvgIpc) is 2.85. The fraction of sp³-hybridized carbons (Fsp3) is 1.00. The van der Waals surface area contributed by atoms with Crippen LogP contribution in [-0.2, 0) is 0 Å². The first-order chi connectivity index (χ1) is 11.9. The average molecular weight is 353 g/mol. The topological polar surface area (TPSA) is 40.5 Å². The Morgan fingerprint density at radius 2 is 1.68 bits per heavy atom. The fourth-order valence-electron chi connectivity index (χ4n) is 8.00. The minimum atomic E-state index is -0.251. The number of aliphatic hydroxyl groups is 2. The van der Waals surface area contributed by atoms with Crippen LogP contribution in [0.15, 0.2) is 0 Å². The molecule has 9 atom stereocenters. The van der Waals surface area contributed by atoms with Crippen LogP contribution < -0.4 is 0 Å². The minimum Gasteiger partial charge on any atom is -0.393 e. The maximum Gasteiger partial charge on any atom is 0.0894 e. The van der Waals surface area contributed by atoms with Gasteiger partial charge in [0.05, 0.1) is 18.9 Å². The van der Waals surface area contributed by atoms with Crippen molar-refractivity contribution < 1.29 is 14.6 Å². The summed E-state index contributed by atoms with van der Waals surface area (Å²) in [5.74, 6) is 3.12. The Morgan fingerprint density at radius 3 is 2.44 bits per heavy atom. The van der Waals surface area contributed by atoms with Gasteiger partial charge in [0, 0.05) is 0 Å². The summed E-state index contributed by atoms with van der Waals surface area (Å²) in [6.07, 6.45) is 10.3. The van der Waals surface area contributed by atoms with Crippen molar-refractivity contribution >= 4 is 0 Å². The number of hydrogen-bond acceptors (Lipinski definition) is 2. The lowest BCUT2D eigenvalue weighted by Gasteiger charge is -2.60. The van der Waals surface area contributed by atoms with Crippen LogP contribution in [0.3, 0.4) is 0 Å². The van der Waals surface area contributed by atoms with Crippen molar-refractivity contribution in [3.05, 3.63) is 0 Å². The third kappa shape index (κ3) is 2.71. The molecule has 3 heteroatoms. The summed E-state index contributed by atoms with van der Waals surface area (Å²) >= 11 is 0. The van der Waals surface area contributed by atoms with E-state index in [-0.39, 0.29) is 24.3 Å². The van der Waals surface area contributed by atoms with Gasteiger partial charge in [0.15, 0.2) is 0 Å². The van der Waals surface area contributed by atoms with Gasteiger partial charge in [-0.15, -0.1) is 0 Å². The first-order valence-electron chi connectivity index (χ1n) is 10.8. The van der Waals surface area contributed by atoms with Crippen LogP contribution in [-0.4, -0.2) is 29.1 Å². The summed E-state index contributed by atoms with van der Waals surface area (Å²) in [6, 6.07) is 0. The van der Waals surface area contributed by atoms with Crippen LogP contribution >= 0.6 is 0 Å². The number of aliphatic hydroxyl groups excluding tert-OH is 2. The lowest BCUT2D eigenvalue weighted by atomic mass is 9.45. The Kier molecular flexibility index (Phi) is 4.72. The fourth-order valence-corrected chi connectivity index (χ4v) is 8.00. The third-order valence-electron chi connectivity index (χ3n) is 9.46. The molecule has 4 rings (SSSR count). The van der Waals surface area contributed by atoms with Gasteiger partial charge >= 0.3 is 0 Å². The van der Waals surface area contributed by atoms with Gasteiger partial charge in [-0.3, -0.25) is 4.39 Å². The van der Waals surface area contributed by atoms with E-state index < -0.39 is 0 Å². The Morgan fingerprint density at radius 1 is 0.920 bits per heavy atom. The van der Waals surface area contributed by atoms with E-state index in [1.54, 1.807) is 0 Å². The molecule has 0 aromatic carbocycles. The van der Waals surface area contributed by atoms with Crippen LogP contribution in [0.2, 0.25) is 0 Å². The van der Waals surface area contributed by atoms with E-state index in [0.717, 1.165) is 43.9 Å². The predicted octanol–water partition coefficient (Wildman–Crippen LogP) is 4.73. The molecular weight excluding hydrogens is 315 g/mol. The molecule has 0 spiro atoms. The largest absolute Gasteiger partial charge is 0.393 e. The molecule has 4 fully saturated rings. The molecular formula is C22H37FO2. The highest BCUT2D eigenvalue weighted by Crippen LogP contribution is 2.67. The first kappa shape index (κ1) is 18.2. The lowest BCUT2D eigenvalue weighted by molar-refractivity contribution is -0.134. The van der Waals surface area contributed by atoms with Gasteiger partial charge in [-0.1, -0.05) is 13.8 Å². The third-order valence-corrected chi connectivity index (χ3v) is 9.46. The number of alkyl halides is 1. The van der Waals surface area contributed by atoms with Crippen LogP contribution in [0.1, 0.15) is 78.1 Å². The number of halogens is 1. The quantitative estimate of drug-likeness (QED) is 0.771. The highest BCUT2D eigenvalue weighted by atomic mass is 19.1. The van der Waals surface area contributed by atoms with Crippen LogP contribution in [0, 0.1) is 40.4 Å². The Hall–Kier alpha value is -0.150. The normalized spacial score (nSPS) is 55.3. The zero-order chi connectivity index (χ0) is 17.8. The van der Waals surface area contributed by atoms with Gasteiger partial charge in [-0.2, -0.15) is 0 Å². The summed E-state index contributed by atoms with van der Waals surface area (Å²) in [6.45, 7) is 4.58. The number of rotatable bonds is 3. The van der Waals surface area contributed by atoms with Gasteiger partial charge in [-0.05, 0) is 105 Å². The van der Waals surface area contributed by atoms with E-state index in [1.165, 1.54) is 25.7 Å². The van der Waals surface area contributed by atoms with Crippen molar-refractivity contribution in [2.24, 2.45) is 40.4 Å². The second kappa shape index (κ2) is 6.48. The zero-order valence-corrected chi connectivity index (χ0v) is 16.1. The van der Waals surface area contributed by atoms with Crippen molar-refractivity contribution in [3.63, 3.8) is 0 Å². The molecule has 4 saturated carbocycles. The molecule has 0 aromatic rings. The molecule has 25 heavy (non-hydrogen) atoms. The number of fused-ring (bicyclic) bond motifs is 5. The zero-order valence-electron chi connectivity index (χ0n) is 16.1. The van der Waals surface area contributed by atoms with E-state index in [9.17, 15) is 14.6 Å². The maximum atomic E-state index is 12.7. The molecule has 0 heterocycles. The van der Waals surface area contributed by atoms with Crippen molar-refractivity contribution in [3.8, 4) is 0 Å². The van der Waals surface area contributed by atoms with E-state index in [2.05, 4.69) is 13.8 Å². The highest BCUT2D eigenvalue weighted by Gasteiger charge is 2.61. The van der Waals surface area contributed by atoms with Crippen molar-refractivity contribution in [2.75, 3.05) is 6.67 Å². The molecule has 0 amide bonds. The summed E-state index contributed by atoms with van der Waals surface area (Å²) in [4.78, 5) is 0. The molecule has 144 valence electrons. The molecule has 0 bridgehead atoms. The molecule has 0 aliphatic heterocycles. The van der Waals surface area contributed by atoms with Gasteiger partial charge in [0.25, 0.3) is 0 Å². The van der Waals surface area contributed by atoms with Gasteiger partial charge in [0.2, 0.25) is 0 Å². The molecule has 4 aliphatic rings. The highest BCUT2D eigenvalue weighted by molar-refractivity contribution is 5.11. The smallest absolute Gasteiger partial charge is 0.0894 e. The summed E-state index contributed by atoms with van der Waals surface area (Å²) in [5, 5.41) is 21.2. The van der Waals surface area contributed by atoms with Crippen molar-refractivity contribution in [2.45, 2.75) is 90.3 Å². The van der Waals surface area contributed by atoms with Gasteiger partial charge in [-0.25, -0.2) is 0 Å². The van der Waals surface area contributed by atoms with Crippen LogP contribution in [0.5, 0.6) is 0 Å². The monoisotopic (exact) mass is 352 g/mol. The molecule has 4 aliphatic carbocycles. The van der Waals surface area contributed by atoms with Gasteiger partial charge in [0.1, 0.15) is 0 Å². The standard InChI is InChI=1S/C22H37FO2/c1-21-9-7-16(24)13-15(21)5-6-17-18(21)8-10-22(2)19(17)12-14(20(22)25)4-3-11-23/h14-20,24-25H,3-13H2,1-2H3/t14-,15+,16-,17-,18+,19+,20+,21+,22+/m1/s1. The molecule has 0 radical (unpaired) electrons. The second-order valence-electron chi connectivity index (χ2n) is 10.4. The van der Waals surface area contributed by atoms with Crippen LogP contribution in [0.4, 0.5) is 4.39 Å². The second-order valence-corrected chi connectivity index (χ2v) is 10.4. The van der Waals surface area contributed by atoms with Gasteiger partial charge < -0.3 is 10.2 Å². The SMILES string of the molecule is C[C@]12CC[C@@H](O)C[C@@H]1CC[C@@H]1[C@@H]2CC[C@]2(C)[C@@H](O)[C@H](CCCF)C[C@@H]12. The summed E-state index contributed by atoms with van der Waals surface area (Å²) in [5.41, 5.74) is 0.449. The van der Waals surface area contributed by atoms with Crippen molar-refractivity contribution in [1.82, 2.24) is 0 Å². The number of hydrogen-bond donors (Lipinski definition) is 2. The maximum absolute atomic E-state index is 12.7. The molecule has 0 unspecified atom stereocenters. The van der Waals surface area contributed by atoms with E-state index >= 15 is 0 Å². The predicted molar refractivity (Wildman–Crippen MR) is 97.8 cm³/mol. The Labute approximate surface area is 152 Å². The van der Waals surface area contributed by atoms with E-state index in [1.807, 2.05) is 0 Å². The lowest BCUT2D eigenvalue weighted by Crippen LogP contribution is -2.54. The minimum absolute atomic E-state index is 0.0551. The summed E-state index contributed by atoms with van der Waals surface area (Å²) < 4.78 is 12.7. The van der Waals surface area contributed by atoms with E-state index in [4.69, 9.17) is 0 Å². The first-order valence-corrected chi connectivity index (χ1v) is 10.8. The van der Waals surface area contributed by atoms with Crippen molar-refractivity contribution in [1.29, 1.82) is 0 Å². The molecule has 0 saturated heterocycles.